The number of H-pyrrole nitrogens is 1. The number of fused-ring (bicyclic) bond motifs is 6. The molecule has 2 heterocycles. The summed E-state index contributed by atoms with van der Waals surface area (Å²) in [6.07, 6.45) is 0. The van der Waals surface area contributed by atoms with E-state index in [2.05, 4.69) is 0 Å². The van der Waals surface area contributed by atoms with E-state index in [0.717, 1.165) is 10.6 Å². The Labute approximate surface area is 171 Å². The average Bonchev–Trinajstić information content (AvgIpc) is 3.43. The topological polar surface area (TPSA) is 20.7 Å². The number of aromatic amines is 1. The Bertz CT molecular complexity index is 2210. The molecular weight excluding hydrogens is 316 g/mol. The first-order chi connectivity index (χ1) is 19.1. The summed E-state index contributed by atoms with van der Waals surface area (Å²) >= 11 is 0. The standard InChI is InChI=1S/C24H16N2/c1-4-12-20-16(8-1)19-11-7-15-23(24(19)25-20)26-21-13-5-2-9-17(21)18-10-3-6-14-22(18)26/h1-15,25H/i1D,2D,3D,4D,5D,6D,7D,8D,9D,10D,11D,12D,13D,15D/hD. The predicted molar refractivity (Wildman–Crippen MR) is 110 cm³/mol. The lowest BCUT2D eigenvalue weighted by molar-refractivity contribution is 1.19. The number of benzene rings is 4. The number of nitrogens with zero attached hydrogens (tertiary/aromatic N) is 1. The van der Waals surface area contributed by atoms with Gasteiger partial charge in [0.05, 0.1) is 41.4 Å². The Morgan fingerprint density at radius 3 is 2.27 bits per heavy atom. The highest BCUT2D eigenvalue weighted by Crippen LogP contribution is 2.35. The number of para-hydroxylation sites is 4. The first-order valence-corrected chi connectivity index (χ1v) is 7.70. The average molecular weight is 347 g/mol. The van der Waals surface area contributed by atoms with Crippen molar-refractivity contribution in [3.63, 3.8) is 0 Å². The fourth-order valence-corrected chi connectivity index (χ4v) is 3.24. The molecule has 6 aromatic rings. The van der Waals surface area contributed by atoms with Gasteiger partial charge in [0.25, 0.3) is 0 Å². The van der Waals surface area contributed by atoms with E-state index in [0.29, 0.717) is 4.98 Å². The third-order valence-electron chi connectivity index (χ3n) is 4.30. The van der Waals surface area contributed by atoms with E-state index in [1.54, 1.807) is 0 Å². The number of nitrogens with one attached hydrogen (secondary N) is 1. The minimum absolute atomic E-state index is 0.0882. The van der Waals surface area contributed by atoms with Crippen LogP contribution in [0.2, 0.25) is 1.41 Å². The van der Waals surface area contributed by atoms with Crippen molar-refractivity contribution >= 4 is 43.6 Å². The number of hydrogen-bond donors (Lipinski definition) is 1. The van der Waals surface area contributed by atoms with Crippen molar-refractivity contribution in [2.45, 2.75) is 0 Å². The van der Waals surface area contributed by atoms with Gasteiger partial charge in [-0.25, -0.2) is 0 Å². The van der Waals surface area contributed by atoms with E-state index in [9.17, 15) is 0 Å². The highest BCUT2D eigenvalue weighted by molar-refractivity contribution is 6.13. The van der Waals surface area contributed by atoms with E-state index in [1.807, 2.05) is 0 Å². The van der Waals surface area contributed by atoms with Crippen LogP contribution in [0.4, 0.5) is 0 Å². The van der Waals surface area contributed by atoms with E-state index in [4.69, 9.17) is 20.6 Å². The molecule has 0 saturated carbocycles. The van der Waals surface area contributed by atoms with Crippen LogP contribution in [0, 0.1) is 0 Å². The third kappa shape index (κ3) is 1.71. The molecule has 0 spiro atoms. The normalized spacial score (nSPS) is 19.9. The molecule has 6 rings (SSSR count). The van der Waals surface area contributed by atoms with Gasteiger partial charge in [-0.3, -0.25) is 0 Å². The summed E-state index contributed by atoms with van der Waals surface area (Å²) < 4.78 is 128. The summed E-state index contributed by atoms with van der Waals surface area (Å²) in [7, 11) is 0. The summed E-state index contributed by atoms with van der Waals surface area (Å²) in [6, 6.07) is -7.13. The Balaban J connectivity index is 2.04. The van der Waals surface area contributed by atoms with Crippen molar-refractivity contribution in [2.24, 2.45) is 0 Å². The molecule has 0 bridgehead atoms. The van der Waals surface area contributed by atoms with E-state index >= 15 is 0 Å². The second kappa shape index (κ2) is 4.99. The highest BCUT2D eigenvalue weighted by Gasteiger charge is 2.15. The Kier molecular flexibility index (Phi) is 1.10. The van der Waals surface area contributed by atoms with Crippen LogP contribution in [0.1, 0.15) is 19.2 Å². The Hall–Kier alpha value is -3.52. The van der Waals surface area contributed by atoms with Gasteiger partial charge in [-0.05, 0) is 24.2 Å². The monoisotopic (exact) mass is 347 g/mol. The molecular formula is C24H16N2. The minimum Gasteiger partial charge on any atom is -0.353 e. The first kappa shape index (κ1) is 5.75. The molecule has 0 amide bonds. The summed E-state index contributed by atoms with van der Waals surface area (Å²) in [5, 5.41) is -0.795. The molecule has 0 aliphatic carbocycles. The van der Waals surface area contributed by atoms with Crippen LogP contribution in [0.25, 0.3) is 49.3 Å². The molecule has 2 nitrogen and oxygen atoms in total. The molecule has 0 atom stereocenters. The molecule has 0 fully saturated rings. The number of hydrogen-bond acceptors (Lipinski definition) is 0. The maximum atomic E-state index is 8.90. The molecule has 4 aromatic carbocycles. The number of aromatic nitrogens is 2. The van der Waals surface area contributed by atoms with Crippen LogP contribution < -0.4 is 0 Å². The molecule has 2 heteroatoms. The van der Waals surface area contributed by atoms with Gasteiger partial charge in [0.15, 0.2) is 1.41 Å². The summed E-state index contributed by atoms with van der Waals surface area (Å²) in [6.45, 7) is 0. The van der Waals surface area contributed by atoms with Crippen LogP contribution in [-0.2, 0) is 0 Å². The molecule has 0 aliphatic heterocycles. The Morgan fingerprint density at radius 1 is 0.654 bits per heavy atom. The molecule has 122 valence electrons. The zero-order valence-electron chi connectivity index (χ0n) is 28.0. The van der Waals surface area contributed by atoms with Crippen LogP contribution in [0.15, 0.2) is 90.7 Å². The van der Waals surface area contributed by atoms with Crippen LogP contribution in [0.5, 0.6) is 0 Å². The van der Waals surface area contributed by atoms with Gasteiger partial charge in [-0.2, -0.15) is 0 Å². The van der Waals surface area contributed by atoms with Crippen molar-refractivity contribution < 1.29 is 20.6 Å². The van der Waals surface area contributed by atoms with E-state index in [-0.39, 0.29) is 49.3 Å². The van der Waals surface area contributed by atoms with Gasteiger partial charge < -0.3 is 9.54 Å². The summed E-state index contributed by atoms with van der Waals surface area (Å²) in [4.78, 5) is 0.610. The maximum absolute atomic E-state index is 8.90. The second-order valence-corrected chi connectivity index (χ2v) is 5.64. The van der Waals surface area contributed by atoms with Gasteiger partial charge in [0.2, 0.25) is 0 Å². The van der Waals surface area contributed by atoms with Crippen LogP contribution in [-0.4, -0.2) is 9.54 Å². The third-order valence-corrected chi connectivity index (χ3v) is 4.30. The van der Waals surface area contributed by atoms with Gasteiger partial charge in [-0.1, -0.05) is 66.5 Å². The molecule has 26 heavy (non-hydrogen) atoms. The molecule has 0 aliphatic rings. The maximum Gasteiger partial charge on any atom is 0.167 e. The SMILES string of the molecule is [2H]c1cc2c(c([2H])c1[2H])c1c([2H])c([2H])c([2H])c([2H])c1n2-c1c([2H])c([2H])c([2H])c2c3c([2H])c([2H])c([2H])c([2H])c3n([2H])c12. The number of rotatable bonds is 1. The lowest BCUT2D eigenvalue weighted by Crippen LogP contribution is -1.94. The smallest absolute Gasteiger partial charge is 0.167 e. The van der Waals surface area contributed by atoms with Crippen molar-refractivity contribution in [1.82, 2.24) is 9.54 Å². The lowest BCUT2D eigenvalue weighted by atomic mass is 10.1. The summed E-state index contributed by atoms with van der Waals surface area (Å²) in [5.41, 5.74) is -1.34. The Morgan fingerprint density at radius 2 is 1.35 bits per heavy atom. The van der Waals surface area contributed by atoms with Crippen molar-refractivity contribution in [3.05, 3.63) is 90.7 Å². The molecule has 2 aromatic heterocycles. The first-order valence-electron chi connectivity index (χ1n) is 15.1. The predicted octanol–water partition coefficient (Wildman–Crippen LogP) is 6.42. The van der Waals surface area contributed by atoms with Gasteiger partial charge in [-0.15, -0.1) is 0 Å². The molecule has 0 radical (unpaired) electrons. The second-order valence-electron chi connectivity index (χ2n) is 5.64. The quantitative estimate of drug-likeness (QED) is 0.354. The van der Waals surface area contributed by atoms with Gasteiger partial charge in [0.1, 0.15) is 0 Å². The lowest BCUT2D eigenvalue weighted by Gasteiger charge is -2.09. The van der Waals surface area contributed by atoms with Crippen molar-refractivity contribution in [2.75, 3.05) is 0 Å². The fourth-order valence-electron chi connectivity index (χ4n) is 3.24. The zero-order valence-corrected chi connectivity index (χ0v) is 13.0. The van der Waals surface area contributed by atoms with Crippen molar-refractivity contribution in [1.29, 1.82) is 0 Å². The van der Waals surface area contributed by atoms with Crippen molar-refractivity contribution in [3.8, 4) is 5.69 Å². The van der Waals surface area contributed by atoms with E-state index in [1.165, 1.54) is 0 Å². The zero-order chi connectivity index (χ0) is 30.1. The largest absolute Gasteiger partial charge is 0.353 e. The van der Waals surface area contributed by atoms with Gasteiger partial charge in [0, 0.05) is 27.1 Å². The fraction of sp³-hybridized carbons (Fsp3) is 0. The minimum atomic E-state index is -0.683. The highest BCUT2D eigenvalue weighted by atomic mass is 15.0. The molecule has 0 unspecified atom stereocenters. The van der Waals surface area contributed by atoms with E-state index < -0.39 is 84.6 Å². The molecule has 1 N–H and O–H groups in total. The summed E-state index contributed by atoms with van der Waals surface area (Å²) in [5.74, 6) is 0. The van der Waals surface area contributed by atoms with Gasteiger partial charge >= 0.3 is 0 Å². The van der Waals surface area contributed by atoms with Crippen LogP contribution in [0.3, 0.4) is 0 Å². The van der Waals surface area contributed by atoms with Crippen LogP contribution >= 0.6 is 0 Å². The molecule has 0 saturated heterocycles.